The van der Waals surface area contributed by atoms with E-state index in [9.17, 15) is 5.11 Å². The van der Waals surface area contributed by atoms with Crippen LogP contribution in [0.15, 0.2) is 18.3 Å². The monoisotopic (exact) mass is 226 g/mol. The van der Waals surface area contributed by atoms with Crippen LogP contribution in [0.5, 0.6) is 0 Å². The van der Waals surface area contributed by atoms with Crippen LogP contribution in [0, 0.1) is 0 Å². The first-order valence-corrected chi connectivity index (χ1v) is 5.63. The highest BCUT2D eigenvalue weighted by Crippen LogP contribution is 2.14. The summed E-state index contributed by atoms with van der Waals surface area (Å²) in [4.78, 5) is 6.29. The fourth-order valence-corrected chi connectivity index (χ4v) is 2.04. The van der Waals surface area contributed by atoms with E-state index in [0.29, 0.717) is 5.15 Å². The summed E-state index contributed by atoms with van der Waals surface area (Å²) in [5.74, 6) is 0. The first-order valence-electron chi connectivity index (χ1n) is 5.25. The SMILES string of the molecule is O[C@H]1CCCN(Cc2ccc(Cl)nc2)C1. The number of aliphatic hydroxyl groups excluding tert-OH is 1. The van der Waals surface area contributed by atoms with Crippen LogP contribution >= 0.6 is 11.6 Å². The van der Waals surface area contributed by atoms with Gasteiger partial charge in [0.05, 0.1) is 6.10 Å². The second kappa shape index (κ2) is 4.92. The third-order valence-corrected chi connectivity index (χ3v) is 2.90. The Bertz CT molecular complexity index is 315. The molecule has 1 aliphatic heterocycles. The Kier molecular flexibility index (Phi) is 3.57. The number of halogens is 1. The van der Waals surface area contributed by atoms with Gasteiger partial charge in [0.15, 0.2) is 0 Å². The Morgan fingerprint density at radius 3 is 3.07 bits per heavy atom. The summed E-state index contributed by atoms with van der Waals surface area (Å²) >= 11 is 5.71. The molecule has 1 saturated heterocycles. The number of aliphatic hydroxyl groups is 1. The van der Waals surface area contributed by atoms with Crippen LogP contribution in [-0.4, -0.2) is 34.2 Å². The predicted octanol–water partition coefficient (Wildman–Crippen LogP) is 1.69. The van der Waals surface area contributed by atoms with E-state index in [4.69, 9.17) is 11.6 Å². The van der Waals surface area contributed by atoms with Crippen molar-refractivity contribution < 1.29 is 5.11 Å². The molecule has 82 valence electrons. The molecule has 1 N–H and O–H groups in total. The lowest BCUT2D eigenvalue weighted by Gasteiger charge is -2.29. The molecule has 3 nitrogen and oxygen atoms in total. The smallest absolute Gasteiger partial charge is 0.129 e. The average molecular weight is 227 g/mol. The van der Waals surface area contributed by atoms with Crippen LogP contribution < -0.4 is 0 Å². The second-order valence-corrected chi connectivity index (χ2v) is 4.41. The molecule has 0 radical (unpaired) electrons. The maximum absolute atomic E-state index is 9.52. The van der Waals surface area contributed by atoms with Crippen LogP contribution in [0.3, 0.4) is 0 Å². The summed E-state index contributed by atoms with van der Waals surface area (Å²) in [5, 5.41) is 10.0. The number of hydrogen-bond acceptors (Lipinski definition) is 3. The maximum atomic E-state index is 9.52. The molecule has 1 aromatic rings. The molecule has 4 heteroatoms. The van der Waals surface area contributed by atoms with Crippen molar-refractivity contribution in [1.29, 1.82) is 0 Å². The first-order chi connectivity index (χ1) is 7.24. The summed E-state index contributed by atoms with van der Waals surface area (Å²) in [7, 11) is 0. The van der Waals surface area contributed by atoms with E-state index >= 15 is 0 Å². The fourth-order valence-electron chi connectivity index (χ4n) is 1.93. The number of aromatic nitrogens is 1. The lowest BCUT2D eigenvalue weighted by molar-refractivity contribution is 0.0668. The standard InChI is InChI=1S/C11H15ClN2O/c12-11-4-3-9(6-13-11)7-14-5-1-2-10(15)8-14/h3-4,6,10,15H,1-2,5,7-8H2/t10-/m0/s1. The Hall–Kier alpha value is -0.640. The molecule has 1 atom stereocenters. The van der Waals surface area contributed by atoms with Gasteiger partial charge in [-0.25, -0.2) is 4.98 Å². The van der Waals surface area contributed by atoms with E-state index in [1.165, 1.54) is 0 Å². The Morgan fingerprint density at radius 2 is 2.40 bits per heavy atom. The normalized spacial score (nSPS) is 22.9. The summed E-state index contributed by atoms with van der Waals surface area (Å²) < 4.78 is 0. The largest absolute Gasteiger partial charge is 0.392 e. The zero-order valence-corrected chi connectivity index (χ0v) is 9.32. The van der Waals surface area contributed by atoms with Gasteiger partial charge in [-0.1, -0.05) is 17.7 Å². The molecule has 2 rings (SSSR count). The molecule has 1 aromatic heterocycles. The number of nitrogens with zero attached hydrogens (tertiary/aromatic N) is 2. The number of β-amino-alcohol motifs (C(OH)–C–C–N with tert-alkyl or cyclic N) is 1. The van der Waals surface area contributed by atoms with Crippen molar-refractivity contribution in [3.8, 4) is 0 Å². The number of hydrogen-bond donors (Lipinski definition) is 1. The van der Waals surface area contributed by atoms with E-state index in [-0.39, 0.29) is 6.10 Å². The van der Waals surface area contributed by atoms with Gasteiger partial charge in [-0.05, 0) is 31.0 Å². The zero-order valence-electron chi connectivity index (χ0n) is 8.56. The topological polar surface area (TPSA) is 36.4 Å². The summed E-state index contributed by atoms with van der Waals surface area (Å²) in [6.45, 7) is 2.67. The number of rotatable bonds is 2. The van der Waals surface area contributed by atoms with Crippen LogP contribution in [0.1, 0.15) is 18.4 Å². The van der Waals surface area contributed by atoms with Gasteiger partial charge in [-0.15, -0.1) is 0 Å². The van der Waals surface area contributed by atoms with Gasteiger partial charge in [0.2, 0.25) is 0 Å². The van der Waals surface area contributed by atoms with E-state index in [1.54, 1.807) is 12.3 Å². The van der Waals surface area contributed by atoms with E-state index < -0.39 is 0 Å². The van der Waals surface area contributed by atoms with Crippen LogP contribution in [0.2, 0.25) is 5.15 Å². The fraction of sp³-hybridized carbons (Fsp3) is 0.545. The minimum atomic E-state index is -0.168. The van der Waals surface area contributed by atoms with Gasteiger partial charge >= 0.3 is 0 Å². The summed E-state index contributed by atoms with van der Waals surface area (Å²) in [6, 6.07) is 3.79. The first kappa shape index (κ1) is 10.9. The predicted molar refractivity (Wildman–Crippen MR) is 59.8 cm³/mol. The highest BCUT2D eigenvalue weighted by Gasteiger charge is 2.17. The van der Waals surface area contributed by atoms with Gasteiger partial charge in [-0.3, -0.25) is 4.90 Å². The van der Waals surface area contributed by atoms with E-state index in [2.05, 4.69) is 9.88 Å². The third-order valence-electron chi connectivity index (χ3n) is 2.68. The van der Waals surface area contributed by atoms with Gasteiger partial charge < -0.3 is 5.11 Å². The highest BCUT2D eigenvalue weighted by molar-refractivity contribution is 6.29. The van der Waals surface area contributed by atoms with Crippen molar-refractivity contribution in [2.24, 2.45) is 0 Å². The highest BCUT2D eigenvalue weighted by atomic mass is 35.5. The molecule has 0 amide bonds. The van der Waals surface area contributed by atoms with Crippen molar-refractivity contribution in [1.82, 2.24) is 9.88 Å². The van der Waals surface area contributed by atoms with Gasteiger partial charge in [0.1, 0.15) is 5.15 Å². The quantitative estimate of drug-likeness (QED) is 0.780. The van der Waals surface area contributed by atoms with Crippen molar-refractivity contribution in [3.63, 3.8) is 0 Å². The van der Waals surface area contributed by atoms with Crippen LogP contribution in [-0.2, 0) is 6.54 Å². The zero-order chi connectivity index (χ0) is 10.7. The Balaban J connectivity index is 1.93. The van der Waals surface area contributed by atoms with E-state index in [0.717, 1.165) is 38.0 Å². The molecular weight excluding hydrogens is 212 g/mol. The molecule has 0 saturated carbocycles. The Labute approximate surface area is 94.7 Å². The lowest BCUT2D eigenvalue weighted by Crippen LogP contribution is -2.37. The lowest BCUT2D eigenvalue weighted by atomic mass is 10.1. The Morgan fingerprint density at radius 1 is 1.53 bits per heavy atom. The van der Waals surface area contributed by atoms with Crippen molar-refractivity contribution in [3.05, 3.63) is 29.0 Å². The number of piperidine rings is 1. The van der Waals surface area contributed by atoms with Crippen molar-refractivity contribution in [2.45, 2.75) is 25.5 Å². The summed E-state index contributed by atoms with van der Waals surface area (Å²) in [6.07, 6.45) is 3.62. The summed E-state index contributed by atoms with van der Waals surface area (Å²) in [5.41, 5.74) is 1.15. The minimum Gasteiger partial charge on any atom is -0.392 e. The van der Waals surface area contributed by atoms with Crippen LogP contribution in [0.4, 0.5) is 0 Å². The number of likely N-dealkylation sites (tertiary alicyclic amines) is 1. The molecule has 15 heavy (non-hydrogen) atoms. The van der Waals surface area contributed by atoms with Crippen molar-refractivity contribution in [2.75, 3.05) is 13.1 Å². The molecular formula is C11H15ClN2O. The number of pyridine rings is 1. The van der Waals surface area contributed by atoms with Gasteiger partial charge in [0.25, 0.3) is 0 Å². The van der Waals surface area contributed by atoms with Gasteiger partial charge in [0, 0.05) is 19.3 Å². The third kappa shape index (κ3) is 3.16. The molecule has 1 fully saturated rings. The molecule has 0 aromatic carbocycles. The molecule has 2 heterocycles. The molecule has 0 bridgehead atoms. The minimum absolute atomic E-state index is 0.168. The molecule has 0 unspecified atom stereocenters. The average Bonchev–Trinajstić information content (AvgIpc) is 2.22. The van der Waals surface area contributed by atoms with Crippen molar-refractivity contribution >= 4 is 11.6 Å². The van der Waals surface area contributed by atoms with Gasteiger partial charge in [-0.2, -0.15) is 0 Å². The molecule has 0 spiro atoms. The molecule has 0 aliphatic carbocycles. The maximum Gasteiger partial charge on any atom is 0.129 e. The second-order valence-electron chi connectivity index (χ2n) is 4.02. The molecule has 1 aliphatic rings. The van der Waals surface area contributed by atoms with E-state index in [1.807, 2.05) is 6.07 Å². The van der Waals surface area contributed by atoms with Crippen LogP contribution in [0.25, 0.3) is 0 Å².